The number of primary amides is 1. The Morgan fingerprint density at radius 1 is 1.07 bits per heavy atom. The van der Waals surface area contributed by atoms with E-state index in [0.29, 0.717) is 29.7 Å². The van der Waals surface area contributed by atoms with E-state index >= 15 is 0 Å². The van der Waals surface area contributed by atoms with Gasteiger partial charge in [-0.15, -0.1) is 0 Å². The molecule has 0 bridgehead atoms. The van der Waals surface area contributed by atoms with Gasteiger partial charge in [-0.3, -0.25) is 9.89 Å². The van der Waals surface area contributed by atoms with Crippen molar-refractivity contribution >= 4 is 34.4 Å². The van der Waals surface area contributed by atoms with Gasteiger partial charge < -0.3 is 15.5 Å². The van der Waals surface area contributed by atoms with Gasteiger partial charge in [0.1, 0.15) is 0 Å². The minimum Gasteiger partial charge on any atom is -0.351 e. The molecule has 0 radical (unpaired) electrons. The Kier molecular flexibility index (Phi) is 5.94. The highest BCUT2D eigenvalue weighted by molar-refractivity contribution is 6.35. The van der Waals surface area contributed by atoms with Gasteiger partial charge in [-0.05, 0) is 61.6 Å². The van der Waals surface area contributed by atoms with Crippen molar-refractivity contribution in [3.05, 3.63) is 28.9 Å². The average molecular weight is 418 g/mol. The standard InChI is InChI=1S/C21H28ClN5O2/c22-18-12-14(11-17-13-24-25-20(17)18)1-2-19(28)26-7-3-15(4-8-26)16-5-9-27(10-6-16)21(23)29/h11-13,15-16H,1-10H2,(H2,23,29)(H,24,25). The Bertz CT molecular complexity index is 882. The van der Waals surface area contributed by atoms with Crippen molar-refractivity contribution in [2.45, 2.75) is 38.5 Å². The van der Waals surface area contributed by atoms with Gasteiger partial charge in [0.2, 0.25) is 5.91 Å². The Hall–Kier alpha value is -2.28. The average Bonchev–Trinajstić information content (AvgIpc) is 3.21. The normalized spacial score (nSPS) is 19.1. The van der Waals surface area contributed by atoms with E-state index in [2.05, 4.69) is 10.2 Å². The molecule has 2 fully saturated rings. The van der Waals surface area contributed by atoms with E-state index in [1.165, 1.54) is 0 Å². The number of nitrogens with two attached hydrogens (primary N) is 1. The number of aromatic nitrogens is 2. The molecule has 2 aliphatic rings. The number of fused-ring (bicyclic) bond motifs is 1. The SMILES string of the molecule is NC(=O)N1CCC(C2CCN(C(=O)CCc3cc(Cl)c4[nH]ncc4c3)CC2)CC1. The first kappa shape index (κ1) is 20.0. The van der Waals surface area contributed by atoms with Crippen molar-refractivity contribution in [2.24, 2.45) is 17.6 Å². The summed E-state index contributed by atoms with van der Waals surface area (Å²) in [4.78, 5) is 27.7. The summed E-state index contributed by atoms with van der Waals surface area (Å²) in [6.45, 7) is 3.20. The van der Waals surface area contributed by atoms with E-state index in [1.807, 2.05) is 17.0 Å². The summed E-state index contributed by atoms with van der Waals surface area (Å²) >= 11 is 6.29. The molecule has 7 nitrogen and oxygen atoms in total. The molecular formula is C21H28ClN5O2. The van der Waals surface area contributed by atoms with Crippen LogP contribution in [-0.4, -0.2) is 58.1 Å². The fourth-order valence-corrected chi connectivity index (χ4v) is 5.13. The van der Waals surface area contributed by atoms with Gasteiger partial charge in [0.25, 0.3) is 0 Å². The number of aromatic amines is 1. The van der Waals surface area contributed by atoms with Gasteiger partial charge in [0.05, 0.1) is 16.7 Å². The van der Waals surface area contributed by atoms with E-state index < -0.39 is 0 Å². The van der Waals surface area contributed by atoms with Gasteiger partial charge in [-0.2, -0.15) is 5.10 Å². The highest BCUT2D eigenvalue weighted by atomic mass is 35.5. The highest BCUT2D eigenvalue weighted by Gasteiger charge is 2.31. The lowest BCUT2D eigenvalue weighted by Crippen LogP contribution is -2.45. The van der Waals surface area contributed by atoms with Crippen LogP contribution in [0.15, 0.2) is 18.3 Å². The van der Waals surface area contributed by atoms with Crippen molar-refractivity contribution < 1.29 is 9.59 Å². The number of nitrogens with one attached hydrogen (secondary N) is 1. The van der Waals surface area contributed by atoms with Crippen LogP contribution in [0, 0.1) is 11.8 Å². The minimum atomic E-state index is -0.308. The summed E-state index contributed by atoms with van der Waals surface area (Å²) in [6.07, 6.45) is 7.11. The van der Waals surface area contributed by atoms with Crippen LogP contribution >= 0.6 is 11.6 Å². The van der Waals surface area contributed by atoms with E-state index in [9.17, 15) is 9.59 Å². The van der Waals surface area contributed by atoms with Gasteiger partial charge in [-0.25, -0.2) is 4.79 Å². The molecule has 8 heteroatoms. The molecular weight excluding hydrogens is 390 g/mol. The fraction of sp³-hybridized carbons (Fsp3) is 0.571. The zero-order valence-electron chi connectivity index (χ0n) is 16.6. The largest absolute Gasteiger partial charge is 0.351 e. The molecule has 0 atom stereocenters. The second-order valence-electron chi connectivity index (χ2n) is 8.29. The number of hydrogen-bond donors (Lipinski definition) is 2. The van der Waals surface area contributed by atoms with Crippen LogP contribution in [0.2, 0.25) is 5.02 Å². The lowest BCUT2D eigenvalue weighted by molar-refractivity contribution is -0.132. The molecule has 2 saturated heterocycles. The molecule has 0 aliphatic carbocycles. The summed E-state index contributed by atoms with van der Waals surface area (Å²) < 4.78 is 0. The van der Waals surface area contributed by atoms with E-state index in [1.54, 1.807) is 11.1 Å². The molecule has 1 aromatic heterocycles. The molecule has 1 aromatic carbocycles. The van der Waals surface area contributed by atoms with Crippen molar-refractivity contribution in [1.29, 1.82) is 0 Å². The van der Waals surface area contributed by atoms with Gasteiger partial charge in [-0.1, -0.05) is 11.6 Å². The lowest BCUT2D eigenvalue weighted by atomic mass is 9.79. The van der Waals surface area contributed by atoms with Crippen LogP contribution in [0.5, 0.6) is 0 Å². The lowest BCUT2D eigenvalue weighted by Gasteiger charge is -2.39. The molecule has 29 heavy (non-hydrogen) atoms. The van der Waals surface area contributed by atoms with Crippen molar-refractivity contribution in [3.8, 4) is 0 Å². The summed E-state index contributed by atoms with van der Waals surface area (Å²) in [7, 11) is 0. The molecule has 0 unspecified atom stereocenters. The Morgan fingerprint density at radius 2 is 1.69 bits per heavy atom. The molecule has 3 heterocycles. The third kappa shape index (κ3) is 4.50. The summed E-state index contributed by atoms with van der Waals surface area (Å²) in [6, 6.07) is 3.65. The maximum Gasteiger partial charge on any atom is 0.314 e. The number of likely N-dealkylation sites (tertiary alicyclic amines) is 2. The van der Waals surface area contributed by atoms with Crippen LogP contribution in [0.4, 0.5) is 4.79 Å². The first-order chi connectivity index (χ1) is 14.0. The molecule has 3 amide bonds. The van der Waals surface area contributed by atoms with Gasteiger partial charge in [0.15, 0.2) is 0 Å². The number of benzene rings is 1. The Balaban J connectivity index is 1.24. The second kappa shape index (κ2) is 8.61. The van der Waals surface area contributed by atoms with Crippen LogP contribution in [0.3, 0.4) is 0 Å². The first-order valence-electron chi connectivity index (χ1n) is 10.4. The maximum atomic E-state index is 12.7. The summed E-state index contributed by atoms with van der Waals surface area (Å²) in [5, 5.41) is 8.53. The second-order valence-corrected chi connectivity index (χ2v) is 8.70. The minimum absolute atomic E-state index is 0.218. The van der Waals surface area contributed by atoms with Gasteiger partial charge in [0, 0.05) is 38.0 Å². The van der Waals surface area contributed by atoms with Crippen LogP contribution in [-0.2, 0) is 11.2 Å². The van der Waals surface area contributed by atoms with E-state index in [0.717, 1.165) is 68.3 Å². The molecule has 0 saturated carbocycles. The van der Waals surface area contributed by atoms with Crippen LogP contribution in [0.25, 0.3) is 10.9 Å². The maximum absolute atomic E-state index is 12.7. The zero-order valence-corrected chi connectivity index (χ0v) is 17.3. The fourth-order valence-electron chi connectivity index (χ4n) is 4.84. The third-order valence-electron chi connectivity index (χ3n) is 6.60. The Morgan fingerprint density at radius 3 is 2.31 bits per heavy atom. The monoisotopic (exact) mass is 417 g/mol. The number of rotatable bonds is 4. The number of nitrogens with zero attached hydrogens (tertiary/aromatic N) is 3. The molecule has 4 rings (SSSR count). The number of piperidine rings is 2. The number of carbonyl (C=O) groups is 2. The smallest absolute Gasteiger partial charge is 0.314 e. The van der Waals surface area contributed by atoms with E-state index in [-0.39, 0.29) is 11.9 Å². The predicted molar refractivity (Wildman–Crippen MR) is 113 cm³/mol. The van der Waals surface area contributed by atoms with Crippen molar-refractivity contribution in [2.75, 3.05) is 26.2 Å². The first-order valence-corrected chi connectivity index (χ1v) is 10.8. The number of amides is 3. The molecule has 0 spiro atoms. The van der Waals surface area contributed by atoms with Crippen LogP contribution in [0.1, 0.15) is 37.7 Å². The predicted octanol–water partition coefficient (Wildman–Crippen LogP) is 3.18. The number of H-pyrrole nitrogens is 1. The van der Waals surface area contributed by atoms with Crippen LogP contribution < -0.4 is 5.73 Å². The molecule has 156 valence electrons. The number of urea groups is 1. The Labute approximate surface area is 175 Å². The van der Waals surface area contributed by atoms with Gasteiger partial charge >= 0.3 is 6.03 Å². The highest BCUT2D eigenvalue weighted by Crippen LogP contribution is 2.32. The third-order valence-corrected chi connectivity index (χ3v) is 6.90. The van der Waals surface area contributed by atoms with Crippen molar-refractivity contribution in [3.63, 3.8) is 0 Å². The number of halogens is 1. The van der Waals surface area contributed by atoms with E-state index in [4.69, 9.17) is 17.3 Å². The summed E-state index contributed by atoms with van der Waals surface area (Å²) in [5.74, 6) is 1.51. The van der Waals surface area contributed by atoms with Crippen molar-refractivity contribution in [1.82, 2.24) is 20.0 Å². The number of carbonyl (C=O) groups excluding carboxylic acids is 2. The molecule has 2 aromatic rings. The molecule has 3 N–H and O–H groups in total. The number of hydrogen-bond acceptors (Lipinski definition) is 3. The number of aryl methyl sites for hydroxylation is 1. The zero-order chi connectivity index (χ0) is 20.4. The summed E-state index contributed by atoms with van der Waals surface area (Å²) in [5.41, 5.74) is 7.28. The quantitative estimate of drug-likeness (QED) is 0.799. The molecule has 2 aliphatic heterocycles. The topological polar surface area (TPSA) is 95.3 Å².